The number of fused-ring (bicyclic) bond motifs is 3. The van der Waals surface area contributed by atoms with Crippen LogP contribution in [0.2, 0.25) is 0 Å². The first-order valence-corrected chi connectivity index (χ1v) is 11.0. The van der Waals surface area contributed by atoms with Crippen LogP contribution >= 0.6 is 34.3 Å². The van der Waals surface area contributed by atoms with Crippen molar-refractivity contribution in [2.24, 2.45) is 0 Å². The molecule has 148 valence electrons. The van der Waals surface area contributed by atoms with E-state index in [9.17, 15) is 9.59 Å². The summed E-state index contributed by atoms with van der Waals surface area (Å²) in [4.78, 5) is 39.3. The maximum atomic E-state index is 13.2. The molecule has 8 nitrogen and oxygen atoms in total. The van der Waals surface area contributed by atoms with Crippen molar-refractivity contribution in [1.82, 2.24) is 29.5 Å². The lowest BCUT2D eigenvalue weighted by Gasteiger charge is -2.09. The Balaban J connectivity index is 1.86. The zero-order valence-corrected chi connectivity index (χ0v) is 17.5. The molecule has 0 bridgehead atoms. The molecule has 0 amide bonds. The van der Waals surface area contributed by atoms with Gasteiger partial charge in [0.2, 0.25) is 0 Å². The van der Waals surface area contributed by atoms with Crippen LogP contribution in [0.5, 0.6) is 0 Å². The highest BCUT2D eigenvalue weighted by Gasteiger charge is 2.19. The van der Waals surface area contributed by atoms with Gasteiger partial charge in [0, 0.05) is 4.88 Å². The van der Waals surface area contributed by atoms with Crippen molar-refractivity contribution < 1.29 is 0 Å². The highest BCUT2D eigenvalue weighted by atomic mass is 35.5. The Labute approximate surface area is 181 Å². The van der Waals surface area contributed by atoms with E-state index in [4.69, 9.17) is 11.6 Å². The predicted molar refractivity (Wildman–Crippen MR) is 119 cm³/mol. The van der Waals surface area contributed by atoms with Gasteiger partial charge >= 0.3 is 0 Å². The second-order valence-electron chi connectivity index (χ2n) is 6.16. The Bertz CT molecular complexity index is 1520. The monoisotopic (exact) mass is 454 g/mol. The molecule has 0 aliphatic carbocycles. The van der Waals surface area contributed by atoms with Gasteiger partial charge in [-0.15, -0.1) is 44.5 Å². The van der Waals surface area contributed by atoms with Crippen LogP contribution < -0.4 is 11.1 Å². The minimum absolute atomic E-state index is 0.0122. The molecule has 5 heterocycles. The summed E-state index contributed by atoms with van der Waals surface area (Å²) in [5, 5.41) is 12.2. The number of aromatic amines is 1. The van der Waals surface area contributed by atoms with Crippen LogP contribution in [0.15, 0.2) is 44.6 Å². The van der Waals surface area contributed by atoms with Gasteiger partial charge in [-0.1, -0.05) is 12.1 Å². The Hall–Kier alpha value is -3.21. The summed E-state index contributed by atoms with van der Waals surface area (Å²) in [6.07, 6.45) is 3.37. The molecule has 0 aromatic carbocycles. The number of rotatable bonds is 4. The fourth-order valence-corrected chi connectivity index (χ4v) is 4.46. The largest absolute Gasteiger partial charge is 0.309 e. The number of thiophene rings is 2. The first-order chi connectivity index (χ1) is 14.7. The van der Waals surface area contributed by atoms with Gasteiger partial charge in [-0.3, -0.25) is 9.59 Å². The number of hydrogen-bond donors (Lipinski definition) is 1. The Morgan fingerprint density at radius 1 is 1.07 bits per heavy atom. The van der Waals surface area contributed by atoms with Crippen LogP contribution in [0.3, 0.4) is 0 Å². The van der Waals surface area contributed by atoms with Gasteiger partial charge in [-0.25, -0.2) is 14.4 Å². The first-order valence-electron chi connectivity index (χ1n) is 8.69. The van der Waals surface area contributed by atoms with Crippen molar-refractivity contribution in [3.8, 4) is 10.6 Å². The molecule has 0 radical (unpaired) electrons. The molecule has 1 N–H and O–H groups in total. The van der Waals surface area contributed by atoms with Crippen molar-refractivity contribution in [2.45, 2.75) is 5.88 Å². The van der Waals surface area contributed by atoms with E-state index in [1.165, 1.54) is 27.1 Å². The standard InChI is InChI=1S/C19H11ClN6O2S2/c20-9-13-21-16-14(17(27)22-13)15(12-4-2-8-30-12)23-19-25-24-11(18(28)26(16)19)6-5-10-3-1-7-29-10/h1-8H,9H2,(H,21,22,27)/b6-5+. The maximum absolute atomic E-state index is 13.2. The van der Waals surface area contributed by atoms with E-state index in [2.05, 4.69) is 25.1 Å². The van der Waals surface area contributed by atoms with Gasteiger partial charge in [0.25, 0.3) is 16.9 Å². The van der Waals surface area contributed by atoms with E-state index in [1.807, 2.05) is 35.0 Å². The summed E-state index contributed by atoms with van der Waals surface area (Å²) in [6, 6.07) is 7.52. The van der Waals surface area contributed by atoms with Crippen LogP contribution in [0.1, 0.15) is 16.4 Å². The second kappa shape index (κ2) is 7.56. The molecule has 5 aromatic rings. The molecule has 0 fully saturated rings. The van der Waals surface area contributed by atoms with Crippen LogP contribution in [0.4, 0.5) is 0 Å². The molecule has 0 aliphatic heterocycles. The minimum Gasteiger partial charge on any atom is -0.309 e. The summed E-state index contributed by atoms with van der Waals surface area (Å²) in [6.45, 7) is 0. The average Bonchev–Trinajstić information content (AvgIpc) is 3.46. The second-order valence-corrected chi connectivity index (χ2v) is 8.35. The molecule has 0 saturated carbocycles. The van der Waals surface area contributed by atoms with Crippen molar-refractivity contribution in [3.63, 3.8) is 0 Å². The molecule has 5 rings (SSSR count). The zero-order valence-electron chi connectivity index (χ0n) is 15.1. The molecule has 5 aromatic heterocycles. The topological polar surface area (TPSA) is 106 Å². The van der Waals surface area contributed by atoms with E-state index in [-0.39, 0.29) is 34.2 Å². The van der Waals surface area contributed by atoms with Gasteiger partial charge in [0.15, 0.2) is 11.3 Å². The smallest absolute Gasteiger partial charge is 0.287 e. The Morgan fingerprint density at radius 2 is 1.90 bits per heavy atom. The summed E-state index contributed by atoms with van der Waals surface area (Å²) in [5.74, 6) is 0.294. The van der Waals surface area contributed by atoms with Crippen LogP contribution in [0.25, 0.3) is 39.5 Å². The molecular formula is C19H11ClN6O2S2. The highest BCUT2D eigenvalue weighted by Crippen LogP contribution is 2.27. The quantitative estimate of drug-likeness (QED) is 0.329. The average molecular weight is 455 g/mol. The zero-order chi connectivity index (χ0) is 20.7. The van der Waals surface area contributed by atoms with Gasteiger partial charge < -0.3 is 4.98 Å². The third-order valence-corrected chi connectivity index (χ3v) is 6.28. The fraction of sp³-hybridized carbons (Fsp3) is 0.0526. The lowest BCUT2D eigenvalue weighted by atomic mass is 10.2. The van der Waals surface area contributed by atoms with Crippen molar-refractivity contribution in [2.75, 3.05) is 0 Å². The van der Waals surface area contributed by atoms with Crippen molar-refractivity contribution in [1.29, 1.82) is 0 Å². The fourth-order valence-electron chi connectivity index (χ4n) is 3.00. The van der Waals surface area contributed by atoms with Crippen molar-refractivity contribution >= 4 is 63.2 Å². The van der Waals surface area contributed by atoms with Crippen LogP contribution in [-0.4, -0.2) is 29.5 Å². The number of halogens is 1. The number of aromatic nitrogens is 6. The summed E-state index contributed by atoms with van der Waals surface area (Å²) in [5.41, 5.74) is -0.240. The van der Waals surface area contributed by atoms with Gasteiger partial charge in [0.1, 0.15) is 16.9 Å². The SMILES string of the molecule is O=c1[nH]c(CCl)nc2c1c(-c1cccs1)nc1nnc(/C=C/c3cccs3)c(=O)n12. The van der Waals surface area contributed by atoms with Gasteiger partial charge in [0.05, 0.1) is 10.8 Å². The van der Waals surface area contributed by atoms with Crippen LogP contribution in [-0.2, 0) is 5.88 Å². The number of nitrogens with zero attached hydrogens (tertiary/aromatic N) is 5. The third kappa shape index (κ3) is 3.15. The van der Waals surface area contributed by atoms with E-state index < -0.39 is 11.1 Å². The lowest BCUT2D eigenvalue weighted by molar-refractivity contribution is 0.896. The molecule has 0 atom stereocenters. The molecule has 0 unspecified atom stereocenters. The van der Waals surface area contributed by atoms with Gasteiger partial charge in [-0.05, 0) is 35.0 Å². The molecule has 30 heavy (non-hydrogen) atoms. The van der Waals surface area contributed by atoms with E-state index in [0.29, 0.717) is 5.69 Å². The van der Waals surface area contributed by atoms with Gasteiger partial charge in [-0.2, -0.15) is 0 Å². The van der Waals surface area contributed by atoms with E-state index in [0.717, 1.165) is 9.75 Å². The Morgan fingerprint density at radius 3 is 2.63 bits per heavy atom. The van der Waals surface area contributed by atoms with E-state index >= 15 is 0 Å². The Kier molecular flexibility index (Phi) is 4.74. The summed E-state index contributed by atoms with van der Waals surface area (Å²) >= 11 is 8.85. The minimum atomic E-state index is -0.471. The highest BCUT2D eigenvalue weighted by molar-refractivity contribution is 7.13. The number of hydrogen-bond acceptors (Lipinski definition) is 8. The normalized spacial score (nSPS) is 11.8. The third-order valence-electron chi connectivity index (χ3n) is 4.31. The summed E-state index contributed by atoms with van der Waals surface area (Å²) < 4.78 is 1.21. The number of nitrogens with one attached hydrogen (secondary N) is 1. The molecule has 0 spiro atoms. The predicted octanol–water partition coefficient (Wildman–Crippen LogP) is 3.42. The molecule has 11 heteroatoms. The molecule has 0 saturated heterocycles. The van der Waals surface area contributed by atoms with Crippen molar-refractivity contribution in [3.05, 3.63) is 72.1 Å². The number of alkyl halides is 1. The molecule has 0 aliphatic rings. The maximum Gasteiger partial charge on any atom is 0.287 e. The van der Waals surface area contributed by atoms with Crippen LogP contribution in [0, 0.1) is 0 Å². The number of H-pyrrole nitrogens is 1. The first kappa shape index (κ1) is 18.8. The molecular weight excluding hydrogens is 444 g/mol. The lowest BCUT2D eigenvalue weighted by Crippen LogP contribution is -2.25. The summed E-state index contributed by atoms with van der Waals surface area (Å²) in [7, 11) is 0. The van der Waals surface area contributed by atoms with E-state index in [1.54, 1.807) is 12.2 Å².